The Hall–Kier alpha value is -2.57. The van der Waals surface area contributed by atoms with Crippen LogP contribution < -0.4 is 5.32 Å². The van der Waals surface area contributed by atoms with Crippen LogP contribution in [0.1, 0.15) is 6.42 Å². The number of imidazole rings is 1. The molecule has 0 bridgehead atoms. The summed E-state index contributed by atoms with van der Waals surface area (Å²) < 4.78 is 1.93. The van der Waals surface area contributed by atoms with Crippen molar-refractivity contribution < 1.29 is 9.59 Å². The van der Waals surface area contributed by atoms with Gasteiger partial charge in [0.2, 0.25) is 11.8 Å². The molecule has 3 aromatic rings. The fraction of sp³-hybridized carbons (Fsp3) is 0.211. The molecule has 0 aliphatic heterocycles. The first-order valence-corrected chi connectivity index (χ1v) is 9.08. The molecule has 2 amide bonds. The summed E-state index contributed by atoms with van der Waals surface area (Å²) in [5.74, 6) is -0.436. The number of carbonyl (C=O) groups is 2. The standard InChI is InChI=1S/C19H18Cl2N4O2/c1-24(11-18(26)23-13-6-7-14(20)15(21)10-13)19(27)8-9-25-12-22-16-4-2-3-5-17(16)25/h2-7,10,12H,8-9,11H2,1H3,(H,23,26). The van der Waals surface area contributed by atoms with E-state index in [4.69, 9.17) is 23.2 Å². The van der Waals surface area contributed by atoms with Crippen LogP contribution in [0.25, 0.3) is 11.0 Å². The van der Waals surface area contributed by atoms with Gasteiger partial charge < -0.3 is 14.8 Å². The molecule has 140 valence electrons. The molecule has 0 atom stereocenters. The highest BCUT2D eigenvalue weighted by Gasteiger charge is 2.14. The Labute approximate surface area is 166 Å². The number of likely N-dealkylation sites (N-methyl/N-ethyl adjacent to an activating group) is 1. The summed E-state index contributed by atoms with van der Waals surface area (Å²) >= 11 is 11.8. The van der Waals surface area contributed by atoms with Gasteiger partial charge >= 0.3 is 0 Å². The molecule has 0 saturated heterocycles. The third-order valence-electron chi connectivity index (χ3n) is 4.10. The van der Waals surface area contributed by atoms with Gasteiger partial charge in [-0.25, -0.2) is 4.98 Å². The van der Waals surface area contributed by atoms with Crippen molar-refractivity contribution in [2.45, 2.75) is 13.0 Å². The average molecular weight is 405 g/mol. The largest absolute Gasteiger partial charge is 0.336 e. The number of aromatic nitrogens is 2. The van der Waals surface area contributed by atoms with Crippen molar-refractivity contribution in [2.75, 3.05) is 18.9 Å². The van der Waals surface area contributed by atoms with Crippen molar-refractivity contribution >= 4 is 51.7 Å². The maximum absolute atomic E-state index is 12.3. The summed E-state index contributed by atoms with van der Waals surface area (Å²) in [7, 11) is 1.60. The van der Waals surface area contributed by atoms with E-state index in [1.54, 1.807) is 31.6 Å². The van der Waals surface area contributed by atoms with Crippen molar-refractivity contribution in [1.82, 2.24) is 14.5 Å². The van der Waals surface area contributed by atoms with Gasteiger partial charge in [0.05, 0.1) is 34.0 Å². The first kappa shape index (κ1) is 19.2. The van der Waals surface area contributed by atoms with Gasteiger partial charge in [0.25, 0.3) is 0 Å². The Balaban J connectivity index is 1.52. The average Bonchev–Trinajstić information content (AvgIpc) is 3.06. The number of anilines is 1. The van der Waals surface area contributed by atoms with Gasteiger partial charge in [-0.2, -0.15) is 0 Å². The number of nitrogens with zero attached hydrogens (tertiary/aromatic N) is 3. The summed E-state index contributed by atoms with van der Waals surface area (Å²) in [6, 6.07) is 12.6. The van der Waals surface area contributed by atoms with Gasteiger partial charge in [-0.05, 0) is 30.3 Å². The molecular weight excluding hydrogens is 387 g/mol. The van der Waals surface area contributed by atoms with Crippen LogP contribution >= 0.6 is 23.2 Å². The first-order chi connectivity index (χ1) is 12.9. The van der Waals surface area contributed by atoms with E-state index >= 15 is 0 Å². The number of rotatable bonds is 6. The van der Waals surface area contributed by atoms with Crippen molar-refractivity contribution in [3.63, 3.8) is 0 Å². The van der Waals surface area contributed by atoms with Crippen molar-refractivity contribution in [1.29, 1.82) is 0 Å². The number of hydrogen-bond acceptors (Lipinski definition) is 3. The zero-order valence-corrected chi connectivity index (χ0v) is 16.2. The molecule has 0 unspecified atom stereocenters. The maximum Gasteiger partial charge on any atom is 0.243 e. The Morgan fingerprint density at radius 1 is 1.15 bits per heavy atom. The van der Waals surface area contributed by atoms with Crippen molar-refractivity contribution in [3.05, 3.63) is 58.8 Å². The summed E-state index contributed by atoms with van der Waals surface area (Å²) in [6.07, 6.45) is 1.99. The van der Waals surface area contributed by atoms with Gasteiger partial charge in [0.1, 0.15) is 0 Å². The lowest BCUT2D eigenvalue weighted by Crippen LogP contribution is -2.35. The Morgan fingerprint density at radius 3 is 2.70 bits per heavy atom. The van der Waals surface area contributed by atoms with Crippen LogP contribution in [0.4, 0.5) is 5.69 Å². The van der Waals surface area contributed by atoms with E-state index in [2.05, 4.69) is 10.3 Å². The summed E-state index contributed by atoms with van der Waals surface area (Å²) in [5, 5.41) is 3.46. The summed E-state index contributed by atoms with van der Waals surface area (Å²) in [5.41, 5.74) is 2.39. The highest BCUT2D eigenvalue weighted by Crippen LogP contribution is 2.24. The van der Waals surface area contributed by atoms with E-state index in [1.165, 1.54) is 4.90 Å². The Morgan fingerprint density at radius 2 is 1.93 bits per heavy atom. The number of hydrogen-bond donors (Lipinski definition) is 1. The molecule has 0 spiro atoms. The topological polar surface area (TPSA) is 67.2 Å². The number of carbonyl (C=O) groups excluding carboxylic acids is 2. The molecule has 27 heavy (non-hydrogen) atoms. The molecule has 0 saturated carbocycles. The van der Waals surface area contributed by atoms with Crippen LogP contribution in [0, 0.1) is 0 Å². The van der Waals surface area contributed by atoms with Crippen LogP contribution in [-0.2, 0) is 16.1 Å². The Bertz CT molecular complexity index is 987. The quantitative estimate of drug-likeness (QED) is 0.678. The van der Waals surface area contributed by atoms with E-state index < -0.39 is 0 Å². The van der Waals surface area contributed by atoms with E-state index in [-0.39, 0.29) is 24.8 Å². The number of nitrogens with one attached hydrogen (secondary N) is 1. The van der Waals surface area contributed by atoms with E-state index in [0.29, 0.717) is 22.3 Å². The predicted octanol–water partition coefficient (Wildman–Crippen LogP) is 3.83. The second-order valence-electron chi connectivity index (χ2n) is 6.10. The lowest BCUT2D eigenvalue weighted by atomic mass is 10.3. The number of fused-ring (bicyclic) bond motifs is 1. The normalized spacial score (nSPS) is 10.8. The van der Waals surface area contributed by atoms with Crippen LogP contribution in [0.2, 0.25) is 10.0 Å². The third-order valence-corrected chi connectivity index (χ3v) is 4.84. The third kappa shape index (κ3) is 4.78. The molecule has 3 rings (SSSR count). The van der Waals surface area contributed by atoms with Crippen molar-refractivity contribution in [2.24, 2.45) is 0 Å². The second-order valence-corrected chi connectivity index (χ2v) is 6.92. The Kier molecular flexibility index (Phi) is 5.98. The van der Waals surface area contributed by atoms with Gasteiger partial charge in [0.15, 0.2) is 0 Å². The predicted molar refractivity (Wildman–Crippen MR) is 107 cm³/mol. The number of benzene rings is 2. The summed E-state index contributed by atoms with van der Waals surface area (Å²) in [4.78, 5) is 30.2. The molecular formula is C19H18Cl2N4O2. The minimum absolute atomic E-state index is 0.0518. The highest BCUT2D eigenvalue weighted by molar-refractivity contribution is 6.42. The molecule has 1 N–H and O–H groups in total. The molecule has 8 heteroatoms. The molecule has 1 heterocycles. The summed E-state index contributed by atoms with van der Waals surface area (Å²) in [6.45, 7) is 0.446. The maximum atomic E-state index is 12.3. The van der Waals surface area contributed by atoms with Crippen LogP contribution in [0.5, 0.6) is 0 Å². The van der Waals surface area contributed by atoms with Gasteiger partial charge in [-0.1, -0.05) is 35.3 Å². The smallest absolute Gasteiger partial charge is 0.243 e. The molecule has 6 nitrogen and oxygen atoms in total. The minimum Gasteiger partial charge on any atom is -0.336 e. The van der Waals surface area contributed by atoms with Crippen LogP contribution in [-0.4, -0.2) is 39.9 Å². The van der Waals surface area contributed by atoms with E-state index in [1.807, 2.05) is 28.8 Å². The molecule has 1 aromatic heterocycles. The SMILES string of the molecule is CN(CC(=O)Nc1ccc(Cl)c(Cl)c1)C(=O)CCn1cnc2ccccc21. The van der Waals surface area contributed by atoms with Crippen molar-refractivity contribution in [3.8, 4) is 0 Å². The zero-order chi connectivity index (χ0) is 19.4. The molecule has 0 aliphatic carbocycles. The van der Waals surface area contributed by atoms with Gasteiger partial charge in [-0.3, -0.25) is 9.59 Å². The van der Waals surface area contributed by atoms with E-state index in [0.717, 1.165) is 11.0 Å². The number of aryl methyl sites for hydroxylation is 1. The fourth-order valence-corrected chi connectivity index (χ4v) is 2.97. The zero-order valence-electron chi connectivity index (χ0n) is 14.7. The highest BCUT2D eigenvalue weighted by atomic mass is 35.5. The minimum atomic E-state index is -0.308. The number of halogens is 2. The molecule has 2 aromatic carbocycles. The molecule has 0 fully saturated rings. The second kappa shape index (κ2) is 8.41. The van der Waals surface area contributed by atoms with Crippen LogP contribution in [0.15, 0.2) is 48.8 Å². The molecule has 0 aliphatic rings. The first-order valence-electron chi connectivity index (χ1n) is 8.33. The fourth-order valence-electron chi connectivity index (χ4n) is 2.67. The number of amides is 2. The van der Waals surface area contributed by atoms with Gasteiger partial charge in [0, 0.05) is 25.7 Å². The number of para-hydroxylation sites is 2. The van der Waals surface area contributed by atoms with Crippen LogP contribution in [0.3, 0.4) is 0 Å². The lowest BCUT2D eigenvalue weighted by molar-refractivity contribution is -0.133. The monoisotopic (exact) mass is 404 g/mol. The molecule has 0 radical (unpaired) electrons. The van der Waals surface area contributed by atoms with E-state index in [9.17, 15) is 9.59 Å². The lowest BCUT2D eigenvalue weighted by Gasteiger charge is -2.17. The van der Waals surface area contributed by atoms with Gasteiger partial charge in [-0.15, -0.1) is 0 Å².